The molecule has 16 heavy (non-hydrogen) atoms. The molecule has 0 saturated heterocycles. The van der Waals surface area contributed by atoms with Gasteiger partial charge < -0.3 is 14.8 Å². The predicted molar refractivity (Wildman–Crippen MR) is 59.5 cm³/mol. The van der Waals surface area contributed by atoms with Crippen LogP contribution >= 0.6 is 0 Å². The first kappa shape index (κ1) is 11.2. The van der Waals surface area contributed by atoms with Gasteiger partial charge in [0.05, 0.1) is 6.54 Å². The molecule has 2 rings (SSSR count). The van der Waals surface area contributed by atoms with E-state index in [0.29, 0.717) is 24.1 Å². The Balaban J connectivity index is 1.94. The zero-order valence-electron chi connectivity index (χ0n) is 9.45. The van der Waals surface area contributed by atoms with Gasteiger partial charge in [-0.05, 0) is 25.8 Å². The summed E-state index contributed by atoms with van der Waals surface area (Å²) in [5.74, 6) is 0.269. The maximum absolute atomic E-state index is 10.8. The third-order valence-electron chi connectivity index (χ3n) is 3.12. The minimum Gasteiger partial charge on any atom is -0.478 e. The molecule has 4 nitrogen and oxygen atoms in total. The molecule has 0 atom stereocenters. The molecule has 1 aromatic rings. The summed E-state index contributed by atoms with van der Waals surface area (Å²) in [6.07, 6.45) is 5.00. The fourth-order valence-electron chi connectivity index (χ4n) is 2.22. The predicted octanol–water partition coefficient (Wildman–Crippen LogP) is 2.32. The SMILES string of the molecule is Cc1oc(CNC2CCCC2)cc1C(=O)O. The third-order valence-corrected chi connectivity index (χ3v) is 3.12. The summed E-state index contributed by atoms with van der Waals surface area (Å²) in [5, 5.41) is 12.3. The molecule has 0 aromatic carbocycles. The average Bonchev–Trinajstić information content (AvgIpc) is 2.83. The van der Waals surface area contributed by atoms with Crippen LogP contribution in [0.25, 0.3) is 0 Å². The molecule has 1 aromatic heterocycles. The quantitative estimate of drug-likeness (QED) is 0.822. The van der Waals surface area contributed by atoms with Gasteiger partial charge in [0.15, 0.2) is 0 Å². The molecular weight excluding hydrogens is 206 g/mol. The fourth-order valence-corrected chi connectivity index (χ4v) is 2.22. The van der Waals surface area contributed by atoms with Crippen LogP contribution in [0.1, 0.15) is 47.6 Å². The van der Waals surface area contributed by atoms with Crippen LogP contribution in [-0.2, 0) is 6.54 Å². The lowest BCUT2D eigenvalue weighted by atomic mass is 10.2. The summed E-state index contributed by atoms with van der Waals surface area (Å²) < 4.78 is 5.39. The van der Waals surface area contributed by atoms with Crippen molar-refractivity contribution in [1.82, 2.24) is 5.32 Å². The summed E-state index contributed by atoms with van der Waals surface area (Å²) in [4.78, 5) is 10.8. The number of nitrogens with one attached hydrogen (secondary N) is 1. The highest BCUT2D eigenvalue weighted by Crippen LogP contribution is 2.19. The Bertz CT molecular complexity index is 378. The summed E-state index contributed by atoms with van der Waals surface area (Å²) in [6.45, 7) is 2.31. The topological polar surface area (TPSA) is 62.5 Å². The van der Waals surface area contributed by atoms with Gasteiger partial charge in [-0.3, -0.25) is 0 Å². The minimum absolute atomic E-state index is 0.267. The van der Waals surface area contributed by atoms with Crippen molar-refractivity contribution in [2.45, 2.75) is 45.2 Å². The third kappa shape index (κ3) is 2.44. The summed E-state index contributed by atoms with van der Waals surface area (Å²) >= 11 is 0. The van der Waals surface area contributed by atoms with Crippen molar-refractivity contribution in [3.8, 4) is 0 Å². The number of carboxylic acid groups (broad SMARTS) is 1. The lowest BCUT2D eigenvalue weighted by Crippen LogP contribution is -2.24. The van der Waals surface area contributed by atoms with Crippen molar-refractivity contribution in [2.75, 3.05) is 0 Å². The average molecular weight is 223 g/mol. The van der Waals surface area contributed by atoms with Crippen LogP contribution in [0.3, 0.4) is 0 Å². The fraction of sp³-hybridized carbons (Fsp3) is 0.583. The molecule has 0 radical (unpaired) electrons. The Labute approximate surface area is 94.6 Å². The molecule has 88 valence electrons. The van der Waals surface area contributed by atoms with E-state index in [2.05, 4.69) is 5.32 Å². The first-order valence-corrected chi connectivity index (χ1v) is 5.73. The number of aromatic carboxylic acids is 1. The van der Waals surface area contributed by atoms with Crippen molar-refractivity contribution in [1.29, 1.82) is 0 Å². The molecule has 1 aliphatic carbocycles. The molecule has 0 aliphatic heterocycles. The first-order valence-electron chi connectivity index (χ1n) is 5.73. The van der Waals surface area contributed by atoms with Gasteiger partial charge in [0.25, 0.3) is 0 Å². The first-order chi connectivity index (χ1) is 7.66. The van der Waals surface area contributed by atoms with Gasteiger partial charge in [-0.15, -0.1) is 0 Å². The van der Waals surface area contributed by atoms with Gasteiger partial charge in [0.1, 0.15) is 17.1 Å². The van der Waals surface area contributed by atoms with E-state index in [-0.39, 0.29) is 5.56 Å². The number of hydrogen-bond donors (Lipinski definition) is 2. The summed E-state index contributed by atoms with van der Waals surface area (Å²) in [6, 6.07) is 2.18. The molecule has 4 heteroatoms. The Kier molecular flexibility index (Phi) is 3.29. The van der Waals surface area contributed by atoms with Crippen LogP contribution in [0.5, 0.6) is 0 Å². The zero-order valence-corrected chi connectivity index (χ0v) is 9.45. The van der Waals surface area contributed by atoms with Crippen molar-refractivity contribution >= 4 is 5.97 Å². The van der Waals surface area contributed by atoms with E-state index >= 15 is 0 Å². The number of aryl methyl sites for hydroxylation is 1. The molecule has 1 heterocycles. The maximum Gasteiger partial charge on any atom is 0.339 e. The highest BCUT2D eigenvalue weighted by molar-refractivity contribution is 5.88. The van der Waals surface area contributed by atoms with E-state index in [1.54, 1.807) is 13.0 Å². The smallest absolute Gasteiger partial charge is 0.339 e. The Morgan fingerprint density at radius 3 is 2.81 bits per heavy atom. The van der Waals surface area contributed by atoms with Crippen LogP contribution in [0.2, 0.25) is 0 Å². The molecule has 1 saturated carbocycles. The van der Waals surface area contributed by atoms with Crippen molar-refractivity contribution < 1.29 is 14.3 Å². The lowest BCUT2D eigenvalue weighted by molar-refractivity contribution is 0.0695. The number of hydrogen-bond acceptors (Lipinski definition) is 3. The number of rotatable bonds is 4. The lowest BCUT2D eigenvalue weighted by Gasteiger charge is -2.09. The van der Waals surface area contributed by atoms with Crippen LogP contribution in [0.4, 0.5) is 0 Å². The minimum atomic E-state index is -0.923. The summed E-state index contributed by atoms with van der Waals surface area (Å²) in [5.41, 5.74) is 0.267. The van der Waals surface area contributed by atoms with E-state index in [1.807, 2.05) is 0 Å². The molecule has 1 aliphatic rings. The molecule has 0 unspecified atom stereocenters. The normalized spacial score (nSPS) is 16.8. The monoisotopic (exact) mass is 223 g/mol. The van der Waals surface area contributed by atoms with Crippen molar-refractivity contribution in [2.24, 2.45) is 0 Å². The van der Waals surface area contributed by atoms with E-state index in [4.69, 9.17) is 9.52 Å². The van der Waals surface area contributed by atoms with Crippen LogP contribution in [-0.4, -0.2) is 17.1 Å². The van der Waals surface area contributed by atoms with Crippen molar-refractivity contribution in [3.63, 3.8) is 0 Å². The standard InChI is InChI=1S/C12H17NO3/c1-8-11(12(14)15)6-10(16-8)7-13-9-4-2-3-5-9/h6,9,13H,2-5,7H2,1H3,(H,14,15). The van der Waals surface area contributed by atoms with E-state index < -0.39 is 5.97 Å². The zero-order chi connectivity index (χ0) is 11.5. The molecule has 0 spiro atoms. The molecular formula is C12H17NO3. The Morgan fingerprint density at radius 1 is 1.56 bits per heavy atom. The number of carbonyl (C=O) groups is 1. The van der Waals surface area contributed by atoms with Crippen LogP contribution < -0.4 is 5.32 Å². The van der Waals surface area contributed by atoms with Gasteiger partial charge in [-0.1, -0.05) is 12.8 Å². The largest absolute Gasteiger partial charge is 0.478 e. The van der Waals surface area contributed by atoms with E-state index in [1.165, 1.54) is 25.7 Å². The van der Waals surface area contributed by atoms with Crippen LogP contribution in [0, 0.1) is 6.92 Å². The molecule has 1 fully saturated rings. The van der Waals surface area contributed by atoms with Gasteiger partial charge >= 0.3 is 5.97 Å². The Morgan fingerprint density at radius 2 is 2.25 bits per heavy atom. The van der Waals surface area contributed by atoms with Crippen LogP contribution in [0.15, 0.2) is 10.5 Å². The maximum atomic E-state index is 10.8. The van der Waals surface area contributed by atoms with E-state index in [0.717, 1.165) is 0 Å². The highest BCUT2D eigenvalue weighted by atomic mass is 16.4. The highest BCUT2D eigenvalue weighted by Gasteiger charge is 2.17. The second-order valence-corrected chi connectivity index (χ2v) is 4.35. The van der Waals surface area contributed by atoms with E-state index in [9.17, 15) is 4.79 Å². The second-order valence-electron chi connectivity index (χ2n) is 4.35. The van der Waals surface area contributed by atoms with Gasteiger partial charge in [-0.2, -0.15) is 0 Å². The summed E-state index contributed by atoms with van der Waals surface area (Å²) in [7, 11) is 0. The Hall–Kier alpha value is -1.29. The molecule has 0 bridgehead atoms. The number of carboxylic acids is 1. The van der Waals surface area contributed by atoms with Gasteiger partial charge in [0, 0.05) is 6.04 Å². The van der Waals surface area contributed by atoms with Gasteiger partial charge in [0.2, 0.25) is 0 Å². The molecule has 2 N–H and O–H groups in total. The second kappa shape index (κ2) is 4.70. The van der Waals surface area contributed by atoms with Gasteiger partial charge in [-0.25, -0.2) is 4.79 Å². The van der Waals surface area contributed by atoms with Crippen molar-refractivity contribution in [3.05, 3.63) is 23.2 Å². The number of furan rings is 1. The molecule has 0 amide bonds.